The number of hydrogen-bond donors (Lipinski definition) is 2. The van der Waals surface area contributed by atoms with Crippen LogP contribution in [-0.2, 0) is 4.79 Å². The zero-order valence-electron chi connectivity index (χ0n) is 8.87. The van der Waals surface area contributed by atoms with E-state index in [-0.39, 0.29) is 11.8 Å². The Labute approximate surface area is 89.7 Å². The molecule has 1 aromatic rings. The summed E-state index contributed by atoms with van der Waals surface area (Å²) >= 11 is 0. The number of benzene rings is 1. The van der Waals surface area contributed by atoms with Crippen LogP contribution in [0.25, 0.3) is 0 Å². The predicted molar refractivity (Wildman–Crippen MR) is 61.0 cm³/mol. The summed E-state index contributed by atoms with van der Waals surface area (Å²) in [4.78, 5) is 11.4. The molecule has 1 rings (SSSR count). The molecule has 3 heteroatoms. The van der Waals surface area contributed by atoms with Crippen molar-refractivity contribution in [2.45, 2.75) is 13.8 Å². The van der Waals surface area contributed by atoms with Crippen molar-refractivity contribution >= 4 is 11.6 Å². The normalized spacial score (nSPS) is 9.27. The topological polar surface area (TPSA) is 55.1 Å². The second-order valence-electron chi connectivity index (χ2n) is 3.49. The van der Waals surface area contributed by atoms with Crippen LogP contribution in [-0.4, -0.2) is 5.91 Å². The number of nitrogens with one attached hydrogen (secondary N) is 1. The van der Waals surface area contributed by atoms with Crippen LogP contribution in [0.3, 0.4) is 0 Å². The van der Waals surface area contributed by atoms with Gasteiger partial charge in [0.25, 0.3) is 0 Å². The molecule has 0 fully saturated rings. The molecule has 3 N–H and O–H groups in total. The third-order valence-electron chi connectivity index (χ3n) is 1.87. The lowest BCUT2D eigenvalue weighted by Gasteiger charge is -2.07. The highest BCUT2D eigenvalue weighted by atomic mass is 16.1. The number of hydrogen-bond acceptors (Lipinski definition) is 2. The van der Waals surface area contributed by atoms with Gasteiger partial charge in [0.15, 0.2) is 0 Å². The highest BCUT2D eigenvalue weighted by Gasteiger charge is 2.06. The molecular formula is C12H14N2O. The summed E-state index contributed by atoms with van der Waals surface area (Å²) in [6.45, 7) is 3.69. The molecular weight excluding hydrogens is 188 g/mol. The number of carbonyl (C=O) groups excluding carboxylic acids is 1. The molecule has 0 aromatic heterocycles. The van der Waals surface area contributed by atoms with Crippen molar-refractivity contribution in [3.63, 3.8) is 0 Å². The summed E-state index contributed by atoms with van der Waals surface area (Å²) in [6.07, 6.45) is 0. The molecule has 0 aliphatic heterocycles. The first-order valence-corrected chi connectivity index (χ1v) is 4.76. The second-order valence-corrected chi connectivity index (χ2v) is 3.49. The summed E-state index contributed by atoms with van der Waals surface area (Å²) in [5, 5.41) is 2.79. The minimum atomic E-state index is -0.0331. The largest absolute Gasteiger partial charge is 0.359 e. The molecule has 0 saturated heterocycles. The van der Waals surface area contributed by atoms with E-state index in [1.54, 1.807) is 6.07 Å². The minimum absolute atomic E-state index is 0.00661. The minimum Gasteiger partial charge on any atom is -0.359 e. The van der Waals surface area contributed by atoms with Crippen LogP contribution in [0.15, 0.2) is 24.3 Å². The molecule has 0 spiro atoms. The fourth-order valence-electron chi connectivity index (χ4n) is 1.04. The molecule has 1 aromatic carbocycles. The van der Waals surface area contributed by atoms with Gasteiger partial charge in [0.2, 0.25) is 5.91 Å². The molecule has 0 saturated carbocycles. The van der Waals surface area contributed by atoms with Crippen LogP contribution in [0, 0.1) is 17.9 Å². The van der Waals surface area contributed by atoms with Crippen LogP contribution >= 0.6 is 0 Å². The third-order valence-corrected chi connectivity index (χ3v) is 1.87. The Morgan fingerprint density at radius 1 is 1.47 bits per heavy atom. The van der Waals surface area contributed by atoms with E-state index in [0.717, 1.165) is 11.3 Å². The van der Waals surface area contributed by atoms with Crippen molar-refractivity contribution in [3.05, 3.63) is 29.8 Å². The maximum atomic E-state index is 11.4. The lowest BCUT2D eigenvalue weighted by Crippen LogP contribution is -2.17. The van der Waals surface area contributed by atoms with Crippen molar-refractivity contribution in [2.75, 3.05) is 5.32 Å². The van der Waals surface area contributed by atoms with Gasteiger partial charge in [-0.1, -0.05) is 19.9 Å². The van der Waals surface area contributed by atoms with E-state index >= 15 is 0 Å². The molecule has 15 heavy (non-hydrogen) atoms. The van der Waals surface area contributed by atoms with E-state index in [2.05, 4.69) is 17.3 Å². The SMILES string of the molecule is CC(C)C(=O)Nc1cccc(C#CN)c1. The third kappa shape index (κ3) is 3.35. The Kier molecular flexibility index (Phi) is 3.75. The standard InChI is InChI=1S/C12H14N2O/c1-9(2)12(15)14-11-5-3-4-10(8-11)6-7-13/h3-5,8-9H,13H2,1-2H3,(H,14,15). The number of rotatable bonds is 2. The Morgan fingerprint density at radius 2 is 2.20 bits per heavy atom. The summed E-state index contributed by atoms with van der Waals surface area (Å²) < 4.78 is 0. The van der Waals surface area contributed by atoms with Crippen LogP contribution in [0.1, 0.15) is 19.4 Å². The van der Waals surface area contributed by atoms with Gasteiger partial charge in [-0.25, -0.2) is 0 Å². The summed E-state index contributed by atoms with van der Waals surface area (Å²) in [5.74, 6) is 2.69. The van der Waals surface area contributed by atoms with Crippen molar-refractivity contribution in [2.24, 2.45) is 11.7 Å². The van der Waals surface area contributed by atoms with E-state index < -0.39 is 0 Å². The molecule has 78 valence electrons. The van der Waals surface area contributed by atoms with Crippen molar-refractivity contribution in [1.29, 1.82) is 0 Å². The summed E-state index contributed by atoms with van der Waals surface area (Å²) in [7, 11) is 0. The predicted octanol–water partition coefficient (Wildman–Crippen LogP) is 1.55. The monoisotopic (exact) mass is 202 g/mol. The van der Waals surface area contributed by atoms with Crippen LogP contribution in [0.2, 0.25) is 0 Å². The molecule has 0 bridgehead atoms. The molecule has 0 heterocycles. The maximum absolute atomic E-state index is 11.4. The van der Waals surface area contributed by atoms with Gasteiger partial charge in [-0.15, -0.1) is 0 Å². The zero-order chi connectivity index (χ0) is 11.3. The molecule has 0 radical (unpaired) electrons. The molecule has 0 aliphatic rings. The molecule has 3 nitrogen and oxygen atoms in total. The number of anilines is 1. The van der Waals surface area contributed by atoms with Gasteiger partial charge >= 0.3 is 0 Å². The average Bonchev–Trinajstić information content (AvgIpc) is 2.18. The molecule has 0 unspecified atom stereocenters. The van der Waals surface area contributed by atoms with Crippen molar-refractivity contribution < 1.29 is 4.79 Å². The van der Waals surface area contributed by atoms with Crippen molar-refractivity contribution in [3.8, 4) is 12.0 Å². The second kappa shape index (κ2) is 5.06. The average molecular weight is 202 g/mol. The smallest absolute Gasteiger partial charge is 0.226 e. The Bertz CT molecular complexity index is 413. The lowest BCUT2D eigenvalue weighted by molar-refractivity contribution is -0.118. The van der Waals surface area contributed by atoms with Crippen molar-refractivity contribution in [1.82, 2.24) is 0 Å². The van der Waals surface area contributed by atoms with Gasteiger partial charge in [0.05, 0.1) is 0 Å². The first-order valence-electron chi connectivity index (χ1n) is 4.76. The van der Waals surface area contributed by atoms with Gasteiger partial charge in [-0.05, 0) is 24.1 Å². The van der Waals surface area contributed by atoms with E-state index in [9.17, 15) is 4.79 Å². The fraction of sp³-hybridized carbons (Fsp3) is 0.250. The molecule has 0 aliphatic carbocycles. The Hall–Kier alpha value is -1.95. The first kappa shape index (κ1) is 11.1. The van der Waals surface area contributed by atoms with Crippen LogP contribution < -0.4 is 11.1 Å². The Morgan fingerprint density at radius 3 is 2.80 bits per heavy atom. The molecule has 1 amide bonds. The van der Waals surface area contributed by atoms with Gasteiger partial charge < -0.3 is 11.1 Å². The van der Waals surface area contributed by atoms with Gasteiger partial charge in [0, 0.05) is 23.2 Å². The van der Waals surface area contributed by atoms with E-state index in [0.29, 0.717) is 0 Å². The van der Waals surface area contributed by atoms with E-state index in [1.807, 2.05) is 32.0 Å². The zero-order valence-corrected chi connectivity index (χ0v) is 8.87. The number of nitrogens with two attached hydrogens (primary N) is 1. The fourth-order valence-corrected chi connectivity index (χ4v) is 1.04. The lowest BCUT2D eigenvalue weighted by atomic mass is 10.1. The highest BCUT2D eigenvalue weighted by Crippen LogP contribution is 2.10. The maximum Gasteiger partial charge on any atom is 0.226 e. The van der Waals surface area contributed by atoms with E-state index in [1.165, 1.54) is 0 Å². The van der Waals surface area contributed by atoms with Crippen LogP contribution in [0.4, 0.5) is 5.69 Å². The summed E-state index contributed by atoms with van der Waals surface area (Å²) in [6, 6.07) is 9.60. The highest BCUT2D eigenvalue weighted by molar-refractivity contribution is 5.92. The quantitative estimate of drug-likeness (QED) is 0.564. The summed E-state index contributed by atoms with van der Waals surface area (Å²) in [5.41, 5.74) is 6.65. The van der Waals surface area contributed by atoms with E-state index in [4.69, 9.17) is 5.73 Å². The first-order chi connectivity index (χ1) is 7.13. The van der Waals surface area contributed by atoms with Gasteiger partial charge in [-0.2, -0.15) is 0 Å². The Balaban J connectivity index is 2.81. The van der Waals surface area contributed by atoms with Gasteiger partial charge in [0.1, 0.15) is 0 Å². The van der Waals surface area contributed by atoms with Gasteiger partial charge in [-0.3, -0.25) is 4.79 Å². The molecule has 0 atom stereocenters. The van der Waals surface area contributed by atoms with Crippen LogP contribution in [0.5, 0.6) is 0 Å². The number of amides is 1. The number of carbonyl (C=O) groups is 1.